The molecule has 0 amide bonds. The van der Waals surface area contributed by atoms with E-state index in [1.807, 2.05) is 0 Å². The van der Waals surface area contributed by atoms with Crippen LogP contribution in [0.2, 0.25) is 0 Å². The Labute approximate surface area is 435 Å². The number of rotatable bonds is 56. The van der Waals surface area contributed by atoms with E-state index in [0.717, 1.165) is 96.3 Å². The second-order valence-corrected chi connectivity index (χ2v) is 20.6. The Morgan fingerprint density at radius 2 is 0.557 bits per heavy atom. The van der Waals surface area contributed by atoms with Gasteiger partial charge in [-0.2, -0.15) is 0 Å². The van der Waals surface area contributed by atoms with Gasteiger partial charge in [-0.1, -0.05) is 275 Å². The molecule has 0 heterocycles. The van der Waals surface area contributed by atoms with Gasteiger partial charge in [-0.3, -0.25) is 14.4 Å². The summed E-state index contributed by atoms with van der Waals surface area (Å²) in [5, 5.41) is 0. The lowest BCUT2D eigenvalue weighted by atomic mass is 10.0. The molecule has 0 aromatic carbocycles. The first-order valence-electron chi connectivity index (χ1n) is 30.6. The third kappa shape index (κ3) is 56.3. The summed E-state index contributed by atoms with van der Waals surface area (Å²) in [6.45, 7) is 6.55. The maximum absolute atomic E-state index is 12.8. The van der Waals surface area contributed by atoms with Gasteiger partial charge in [0.15, 0.2) is 6.10 Å². The number of carbonyl (C=O) groups is 3. The normalized spacial score (nSPS) is 12.3. The lowest BCUT2D eigenvalue weighted by Crippen LogP contribution is -2.30. The Morgan fingerprint density at radius 1 is 0.300 bits per heavy atom. The Bertz CT molecular complexity index is 1220. The molecule has 0 fully saturated rings. The summed E-state index contributed by atoms with van der Waals surface area (Å²) >= 11 is 0. The second kappa shape index (κ2) is 58.9. The van der Waals surface area contributed by atoms with Crippen molar-refractivity contribution in [2.45, 2.75) is 329 Å². The number of esters is 3. The fourth-order valence-corrected chi connectivity index (χ4v) is 8.98. The lowest BCUT2D eigenvalue weighted by Gasteiger charge is -2.18. The van der Waals surface area contributed by atoms with Gasteiger partial charge in [0.1, 0.15) is 13.2 Å². The Balaban J connectivity index is 4.23. The zero-order valence-electron chi connectivity index (χ0n) is 46.8. The van der Waals surface area contributed by atoms with E-state index in [1.54, 1.807) is 0 Å². The molecule has 70 heavy (non-hydrogen) atoms. The van der Waals surface area contributed by atoms with Crippen molar-refractivity contribution in [1.29, 1.82) is 0 Å². The molecular formula is C64H116O6. The van der Waals surface area contributed by atoms with Crippen LogP contribution in [-0.2, 0) is 28.6 Å². The van der Waals surface area contributed by atoms with Gasteiger partial charge in [0.2, 0.25) is 0 Å². The number of hydrogen-bond acceptors (Lipinski definition) is 6. The van der Waals surface area contributed by atoms with Crippen molar-refractivity contribution in [1.82, 2.24) is 0 Å². The topological polar surface area (TPSA) is 78.9 Å². The highest BCUT2D eigenvalue weighted by Gasteiger charge is 2.19. The molecule has 0 rings (SSSR count). The van der Waals surface area contributed by atoms with Crippen molar-refractivity contribution in [2.24, 2.45) is 0 Å². The van der Waals surface area contributed by atoms with E-state index in [0.29, 0.717) is 19.3 Å². The minimum Gasteiger partial charge on any atom is -0.462 e. The SMILES string of the molecule is CC/C=C\C/C=C\C/C=C\CCCCCCCC(=O)OC(COC(=O)CCCCCCCCCCCCCC)COC(=O)CCCCCCCCCCCCCCC/C=C\CCCCCCCCCC. The van der Waals surface area contributed by atoms with Crippen molar-refractivity contribution in [3.8, 4) is 0 Å². The summed E-state index contributed by atoms with van der Waals surface area (Å²) in [6, 6.07) is 0. The molecule has 0 N–H and O–H groups in total. The van der Waals surface area contributed by atoms with Crippen LogP contribution >= 0.6 is 0 Å². The summed E-state index contributed by atoms with van der Waals surface area (Å²) in [4.78, 5) is 38.2. The highest BCUT2D eigenvalue weighted by molar-refractivity contribution is 5.71. The lowest BCUT2D eigenvalue weighted by molar-refractivity contribution is -0.167. The maximum atomic E-state index is 12.8. The van der Waals surface area contributed by atoms with E-state index in [9.17, 15) is 14.4 Å². The number of unbranched alkanes of at least 4 members (excludes halogenated alkanes) is 37. The van der Waals surface area contributed by atoms with Crippen molar-refractivity contribution in [3.63, 3.8) is 0 Å². The van der Waals surface area contributed by atoms with Crippen LogP contribution in [0.1, 0.15) is 323 Å². The van der Waals surface area contributed by atoms with Crippen molar-refractivity contribution in [3.05, 3.63) is 48.6 Å². The molecule has 0 saturated carbocycles. The minimum absolute atomic E-state index is 0.0767. The van der Waals surface area contributed by atoms with Gasteiger partial charge in [-0.15, -0.1) is 0 Å². The Hall–Kier alpha value is -2.63. The molecule has 1 atom stereocenters. The van der Waals surface area contributed by atoms with E-state index in [4.69, 9.17) is 14.2 Å². The molecule has 0 aliphatic rings. The fraction of sp³-hybridized carbons (Fsp3) is 0.828. The van der Waals surface area contributed by atoms with Gasteiger partial charge in [0, 0.05) is 19.3 Å². The predicted octanol–water partition coefficient (Wildman–Crippen LogP) is 20.6. The first-order chi connectivity index (χ1) is 34.5. The van der Waals surface area contributed by atoms with Gasteiger partial charge >= 0.3 is 17.9 Å². The molecule has 0 aliphatic carbocycles. The molecule has 0 bridgehead atoms. The fourth-order valence-electron chi connectivity index (χ4n) is 8.98. The highest BCUT2D eigenvalue weighted by Crippen LogP contribution is 2.17. The zero-order valence-corrected chi connectivity index (χ0v) is 46.8. The van der Waals surface area contributed by atoms with Crippen LogP contribution in [-0.4, -0.2) is 37.2 Å². The molecule has 0 spiro atoms. The third-order valence-electron chi connectivity index (χ3n) is 13.6. The second-order valence-electron chi connectivity index (χ2n) is 20.6. The Morgan fingerprint density at radius 3 is 0.886 bits per heavy atom. The van der Waals surface area contributed by atoms with Crippen LogP contribution in [0.25, 0.3) is 0 Å². The molecule has 0 radical (unpaired) electrons. The van der Waals surface area contributed by atoms with E-state index < -0.39 is 6.10 Å². The Kier molecular flexibility index (Phi) is 56.7. The van der Waals surface area contributed by atoms with Crippen LogP contribution in [0.4, 0.5) is 0 Å². The summed E-state index contributed by atoms with van der Waals surface area (Å²) in [6.07, 6.45) is 72.6. The van der Waals surface area contributed by atoms with Crippen molar-refractivity contribution in [2.75, 3.05) is 13.2 Å². The van der Waals surface area contributed by atoms with Gasteiger partial charge in [0.25, 0.3) is 0 Å². The van der Waals surface area contributed by atoms with Crippen LogP contribution in [0.3, 0.4) is 0 Å². The average Bonchev–Trinajstić information content (AvgIpc) is 3.36. The van der Waals surface area contributed by atoms with Gasteiger partial charge in [0.05, 0.1) is 0 Å². The van der Waals surface area contributed by atoms with E-state index in [-0.39, 0.29) is 31.1 Å². The molecule has 408 valence electrons. The summed E-state index contributed by atoms with van der Waals surface area (Å²) in [5.74, 6) is -0.878. The van der Waals surface area contributed by atoms with Gasteiger partial charge in [-0.25, -0.2) is 0 Å². The molecule has 1 unspecified atom stereocenters. The third-order valence-corrected chi connectivity index (χ3v) is 13.6. The quantitative estimate of drug-likeness (QED) is 0.0261. The van der Waals surface area contributed by atoms with E-state index >= 15 is 0 Å². The monoisotopic (exact) mass is 981 g/mol. The average molecular weight is 982 g/mol. The van der Waals surface area contributed by atoms with Crippen LogP contribution in [0.15, 0.2) is 48.6 Å². The first kappa shape index (κ1) is 67.4. The zero-order chi connectivity index (χ0) is 50.7. The molecule has 0 saturated heterocycles. The number of carbonyl (C=O) groups excluding carboxylic acids is 3. The largest absolute Gasteiger partial charge is 0.462 e. The summed E-state index contributed by atoms with van der Waals surface area (Å²) in [7, 11) is 0. The molecule has 6 nitrogen and oxygen atoms in total. The highest BCUT2D eigenvalue weighted by atomic mass is 16.6. The van der Waals surface area contributed by atoms with Crippen molar-refractivity contribution < 1.29 is 28.6 Å². The predicted molar refractivity (Wildman–Crippen MR) is 302 cm³/mol. The van der Waals surface area contributed by atoms with Crippen LogP contribution in [0, 0.1) is 0 Å². The van der Waals surface area contributed by atoms with Gasteiger partial charge < -0.3 is 14.2 Å². The van der Waals surface area contributed by atoms with Crippen LogP contribution < -0.4 is 0 Å². The molecular weight excluding hydrogens is 865 g/mol. The molecule has 6 heteroatoms. The smallest absolute Gasteiger partial charge is 0.306 e. The van der Waals surface area contributed by atoms with Crippen molar-refractivity contribution >= 4 is 17.9 Å². The van der Waals surface area contributed by atoms with Gasteiger partial charge in [-0.05, 0) is 77.0 Å². The van der Waals surface area contributed by atoms with Crippen LogP contribution in [0.5, 0.6) is 0 Å². The number of allylic oxidation sites excluding steroid dienone is 8. The number of hydrogen-bond donors (Lipinski definition) is 0. The summed E-state index contributed by atoms with van der Waals surface area (Å²) in [5.41, 5.74) is 0. The maximum Gasteiger partial charge on any atom is 0.306 e. The standard InChI is InChI=1S/C64H116O6/c1-4-7-10-13-16-19-22-25-27-28-29-30-31-32-33-34-35-36-38-39-42-45-48-51-54-57-63(66)69-60-61(59-68-62(65)56-53-50-47-44-41-24-21-18-15-12-9-6-3)70-64(67)58-55-52-49-46-43-40-37-26-23-20-17-14-11-8-5-2/h8,11,17,20,26,28-29,37,61H,4-7,9-10,12-16,18-19,21-25,27,30-36,38-60H2,1-3H3/b11-8-,20-17-,29-28-,37-26-. The minimum atomic E-state index is -0.779. The van der Waals surface area contributed by atoms with E-state index in [2.05, 4.69) is 69.4 Å². The molecule has 0 aromatic heterocycles. The number of ether oxygens (including phenoxy) is 3. The van der Waals surface area contributed by atoms with E-state index in [1.165, 1.54) is 186 Å². The molecule has 0 aromatic rings. The summed E-state index contributed by atoms with van der Waals surface area (Å²) < 4.78 is 16.9. The first-order valence-corrected chi connectivity index (χ1v) is 30.6. The molecule has 0 aliphatic heterocycles.